The summed E-state index contributed by atoms with van der Waals surface area (Å²) in [5.41, 5.74) is 6.19. The molecule has 3 aromatic heterocycles. The molecule has 0 amide bonds. The number of hydrogen-bond donors (Lipinski definition) is 1. The summed E-state index contributed by atoms with van der Waals surface area (Å²) in [7, 11) is 3.45. The minimum Gasteiger partial charge on any atom is -0.481 e. The number of benzene rings is 1. The van der Waals surface area contributed by atoms with Crippen molar-refractivity contribution in [3.63, 3.8) is 0 Å². The Hall–Kier alpha value is -3.17. The molecule has 4 rings (SSSR count). The van der Waals surface area contributed by atoms with Crippen molar-refractivity contribution in [2.75, 3.05) is 7.11 Å². The minimum atomic E-state index is 0.235. The zero-order valence-corrected chi connectivity index (χ0v) is 15.3. The van der Waals surface area contributed by atoms with E-state index in [1.165, 1.54) is 7.11 Å². The van der Waals surface area contributed by atoms with Crippen molar-refractivity contribution < 1.29 is 14.9 Å². The first-order chi connectivity index (χ1) is 12.4. The lowest BCUT2D eigenvalue weighted by atomic mass is 10.1. The van der Waals surface area contributed by atoms with Crippen LogP contribution in [0, 0.1) is 32.1 Å². The molecule has 1 N–H and O–H groups in total. The van der Waals surface area contributed by atoms with Gasteiger partial charge in [0.2, 0.25) is 5.88 Å². The molecule has 1 aromatic carbocycles. The second kappa shape index (κ2) is 5.41. The third-order valence-electron chi connectivity index (χ3n) is 5.08. The fraction of sp³-hybridized carbons (Fsp3) is 0.250. The van der Waals surface area contributed by atoms with Crippen LogP contribution < -0.4 is 9.62 Å². The maximum Gasteiger partial charge on any atom is 0.268 e. The number of fused-ring (bicyclic) bond motifs is 5. The minimum absolute atomic E-state index is 0.235. The molecule has 3 heterocycles. The number of nitriles is 1. The second-order valence-electron chi connectivity index (χ2n) is 6.70. The van der Waals surface area contributed by atoms with Gasteiger partial charge < -0.3 is 14.2 Å². The van der Waals surface area contributed by atoms with Crippen molar-refractivity contribution >= 4 is 27.3 Å². The molecular formula is C20H19N3O3. The lowest BCUT2D eigenvalue weighted by molar-refractivity contribution is -0.141. The molecule has 6 heteroatoms. The summed E-state index contributed by atoms with van der Waals surface area (Å²) in [4.78, 5) is 4.80. The van der Waals surface area contributed by atoms with Crippen molar-refractivity contribution in [3.8, 4) is 17.8 Å². The first-order valence-corrected chi connectivity index (χ1v) is 8.27. The molecule has 0 spiro atoms. The Morgan fingerprint density at radius 3 is 2.38 bits per heavy atom. The van der Waals surface area contributed by atoms with Gasteiger partial charge in [-0.15, -0.1) is 0 Å². The molecule has 4 aromatic rings. The Labute approximate surface area is 150 Å². The summed E-state index contributed by atoms with van der Waals surface area (Å²) < 4.78 is 9.18. The molecule has 132 valence electrons. The standard InChI is InChI=1S/C20H19N3O3/c1-10-6-12(3)17-13(7-10)16-15-8-11(2)14(9-21)19(25-5)23(15)20(26-24)18(16)22(17)4/h6-8,24H,1-5H3. The lowest BCUT2D eigenvalue weighted by Crippen LogP contribution is -2.02. The Morgan fingerprint density at radius 1 is 1.04 bits per heavy atom. The topological polar surface area (TPSA) is 71.8 Å². The maximum atomic E-state index is 9.68. The highest BCUT2D eigenvalue weighted by Crippen LogP contribution is 2.43. The predicted molar refractivity (Wildman–Crippen MR) is 100 cm³/mol. The number of pyridine rings is 1. The number of aromatic nitrogens is 2. The summed E-state index contributed by atoms with van der Waals surface area (Å²) in [6.45, 7) is 6.01. The van der Waals surface area contributed by atoms with Crippen LogP contribution in [-0.2, 0) is 7.05 Å². The lowest BCUT2D eigenvalue weighted by Gasteiger charge is -2.12. The van der Waals surface area contributed by atoms with Crippen molar-refractivity contribution in [2.45, 2.75) is 20.8 Å². The van der Waals surface area contributed by atoms with Crippen LogP contribution in [0.1, 0.15) is 22.3 Å². The zero-order chi connectivity index (χ0) is 18.7. The first-order valence-electron chi connectivity index (χ1n) is 8.27. The van der Waals surface area contributed by atoms with E-state index in [4.69, 9.17) is 9.62 Å². The van der Waals surface area contributed by atoms with Crippen LogP contribution in [0.5, 0.6) is 11.8 Å². The SMILES string of the molecule is COc1c(C#N)c(C)cc2c3c4cc(C)cc(C)c4n(C)c3c(OO)n12. The highest BCUT2D eigenvalue weighted by Gasteiger charge is 2.26. The maximum absolute atomic E-state index is 9.68. The van der Waals surface area contributed by atoms with Gasteiger partial charge in [-0.25, -0.2) is 9.66 Å². The average molecular weight is 349 g/mol. The van der Waals surface area contributed by atoms with Crippen LogP contribution in [0.2, 0.25) is 0 Å². The van der Waals surface area contributed by atoms with Gasteiger partial charge in [-0.2, -0.15) is 5.26 Å². The quantitative estimate of drug-likeness (QED) is 0.434. The van der Waals surface area contributed by atoms with E-state index in [2.05, 4.69) is 32.0 Å². The van der Waals surface area contributed by atoms with Gasteiger partial charge in [0.05, 0.1) is 18.1 Å². The van der Waals surface area contributed by atoms with E-state index in [0.29, 0.717) is 11.4 Å². The third kappa shape index (κ3) is 1.83. The number of nitrogens with zero attached hydrogens (tertiary/aromatic N) is 3. The highest BCUT2D eigenvalue weighted by atomic mass is 17.1. The fourth-order valence-electron chi connectivity index (χ4n) is 4.15. The van der Waals surface area contributed by atoms with E-state index in [1.807, 2.05) is 24.6 Å². The van der Waals surface area contributed by atoms with E-state index < -0.39 is 0 Å². The van der Waals surface area contributed by atoms with Gasteiger partial charge >= 0.3 is 0 Å². The van der Waals surface area contributed by atoms with Gasteiger partial charge in [-0.05, 0) is 44.0 Å². The molecule has 0 fully saturated rings. The fourth-order valence-corrected chi connectivity index (χ4v) is 4.15. The van der Waals surface area contributed by atoms with Crippen LogP contribution >= 0.6 is 0 Å². The van der Waals surface area contributed by atoms with Crippen molar-refractivity contribution in [1.29, 1.82) is 5.26 Å². The van der Waals surface area contributed by atoms with Gasteiger partial charge in [0.25, 0.3) is 5.88 Å². The molecule has 26 heavy (non-hydrogen) atoms. The number of aryl methyl sites for hydroxylation is 4. The van der Waals surface area contributed by atoms with E-state index in [1.54, 1.807) is 4.40 Å². The summed E-state index contributed by atoms with van der Waals surface area (Å²) in [5.74, 6) is 0.583. The van der Waals surface area contributed by atoms with Crippen LogP contribution in [0.15, 0.2) is 18.2 Å². The van der Waals surface area contributed by atoms with Crippen molar-refractivity contribution in [3.05, 3.63) is 40.5 Å². The van der Waals surface area contributed by atoms with Gasteiger partial charge in [0.15, 0.2) is 0 Å². The van der Waals surface area contributed by atoms with Gasteiger partial charge in [-0.1, -0.05) is 11.6 Å². The smallest absolute Gasteiger partial charge is 0.268 e. The van der Waals surface area contributed by atoms with E-state index >= 15 is 0 Å². The van der Waals surface area contributed by atoms with Crippen molar-refractivity contribution in [2.24, 2.45) is 7.05 Å². The first kappa shape index (κ1) is 16.3. The molecule has 0 aliphatic heterocycles. The summed E-state index contributed by atoms with van der Waals surface area (Å²) in [6, 6.07) is 8.37. The largest absolute Gasteiger partial charge is 0.481 e. The molecule has 0 saturated carbocycles. The molecule has 0 aliphatic rings. The number of rotatable bonds is 2. The monoisotopic (exact) mass is 349 g/mol. The Bertz CT molecular complexity index is 1260. The van der Waals surface area contributed by atoms with E-state index in [9.17, 15) is 10.5 Å². The molecule has 0 radical (unpaired) electrons. The van der Waals surface area contributed by atoms with Crippen molar-refractivity contribution in [1.82, 2.24) is 8.97 Å². The number of ether oxygens (including phenoxy) is 1. The molecule has 0 atom stereocenters. The van der Waals surface area contributed by atoms with E-state index in [0.717, 1.165) is 44.0 Å². The summed E-state index contributed by atoms with van der Waals surface area (Å²) >= 11 is 0. The molecule has 0 aliphatic carbocycles. The van der Waals surface area contributed by atoms with Crippen LogP contribution in [-0.4, -0.2) is 21.3 Å². The number of methoxy groups -OCH3 is 1. The average Bonchev–Trinajstić information content (AvgIpc) is 3.07. The normalized spacial score (nSPS) is 11.4. The van der Waals surface area contributed by atoms with Crippen LogP contribution in [0.4, 0.5) is 0 Å². The van der Waals surface area contributed by atoms with Crippen LogP contribution in [0.3, 0.4) is 0 Å². The predicted octanol–water partition coefficient (Wildman–Crippen LogP) is 4.24. The molecule has 0 unspecified atom stereocenters. The number of hydrogen-bond acceptors (Lipinski definition) is 4. The zero-order valence-electron chi connectivity index (χ0n) is 15.3. The molecule has 6 nitrogen and oxygen atoms in total. The molecule has 0 saturated heterocycles. The molecule has 0 bridgehead atoms. The Morgan fingerprint density at radius 2 is 1.77 bits per heavy atom. The Kier molecular flexibility index (Phi) is 3.40. The second-order valence-corrected chi connectivity index (χ2v) is 6.70. The molecular weight excluding hydrogens is 330 g/mol. The van der Waals surface area contributed by atoms with Crippen LogP contribution in [0.25, 0.3) is 27.3 Å². The van der Waals surface area contributed by atoms with Gasteiger partial charge in [0.1, 0.15) is 17.1 Å². The van der Waals surface area contributed by atoms with Gasteiger partial charge in [0, 0.05) is 17.8 Å². The summed E-state index contributed by atoms with van der Waals surface area (Å²) in [6.07, 6.45) is 0. The Balaban J connectivity index is 2.40. The summed E-state index contributed by atoms with van der Waals surface area (Å²) in [5, 5.41) is 21.2. The van der Waals surface area contributed by atoms with Gasteiger partial charge in [-0.3, -0.25) is 0 Å². The van der Waals surface area contributed by atoms with E-state index in [-0.39, 0.29) is 5.88 Å². The third-order valence-corrected chi connectivity index (χ3v) is 5.08. The highest BCUT2D eigenvalue weighted by molar-refractivity contribution is 6.19.